The topological polar surface area (TPSA) is 96.5 Å². The van der Waals surface area contributed by atoms with Crippen LogP contribution in [0.4, 0.5) is 5.69 Å². The fourth-order valence-corrected chi connectivity index (χ4v) is 9.46. The van der Waals surface area contributed by atoms with Crippen LogP contribution in [-0.4, -0.2) is 38.9 Å². The van der Waals surface area contributed by atoms with Crippen LogP contribution in [0.1, 0.15) is 20.8 Å². The summed E-state index contributed by atoms with van der Waals surface area (Å²) in [6.45, 7) is 7.71. The van der Waals surface area contributed by atoms with Gasteiger partial charge in [0.15, 0.2) is 0 Å². The van der Waals surface area contributed by atoms with E-state index < -0.39 is 8.60 Å². The van der Waals surface area contributed by atoms with Crippen LogP contribution in [0.3, 0.4) is 0 Å². The average Bonchev–Trinajstić information content (AvgIpc) is 4.01. The molecule has 0 radical (unpaired) electrons. The van der Waals surface area contributed by atoms with Crippen molar-refractivity contribution in [3.05, 3.63) is 198 Å². The second-order valence-corrected chi connectivity index (χ2v) is 16.1. The Labute approximate surface area is 372 Å². The number of benzene rings is 8. The minimum Gasteiger partial charge on any atom is -0.354 e. The molecule has 0 saturated carbocycles. The van der Waals surface area contributed by atoms with E-state index >= 15 is 0 Å². The lowest BCUT2D eigenvalue weighted by atomic mass is 10.0. The van der Waals surface area contributed by atoms with Crippen molar-refractivity contribution in [3.63, 3.8) is 0 Å². The maximum atomic E-state index is 11.7. The van der Waals surface area contributed by atoms with Gasteiger partial charge in [-0.3, -0.25) is 10.1 Å². The van der Waals surface area contributed by atoms with E-state index in [1.54, 1.807) is 12.1 Å². The van der Waals surface area contributed by atoms with Crippen LogP contribution in [0.25, 0.3) is 87.9 Å². The third-order valence-electron chi connectivity index (χ3n) is 11.1. The Balaban J connectivity index is 0.000000135. The second kappa shape index (κ2) is 19.1. The van der Waals surface area contributed by atoms with Crippen molar-refractivity contribution < 1.29 is 18.5 Å². The molecule has 0 spiro atoms. The SMILES string of the molecule is CCOP(OCC)OCC.O=[N+]([O-])c1ccccc1-c1cccc2c3ccccc3n(-c3ccccc3)c12.c1ccc(-n2c3ccccc3c3ccc4[nH]c5ccccc5c4c32)cc1. The Morgan fingerprint density at radius 3 is 1.53 bits per heavy atom. The number of nitrogens with one attached hydrogen (secondary N) is 1. The second-order valence-electron chi connectivity index (χ2n) is 14.9. The van der Waals surface area contributed by atoms with E-state index in [1.807, 2.05) is 75.4 Å². The number of hydrogen-bond donors (Lipinski definition) is 1. The minimum absolute atomic E-state index is 0.111. The number of H-pyrrole nitrogens is 1. The maximum absolute atomic E-state index is 11.7. The van der Waals surface area contributed by atoms with E-state index in [2.05, 4.69) is 135 Å². The number of hydrogen-bond acceptors (Lipinski definition) is 5. The van der Waals surface area contributed by atoms with Gasteiger partial charge in [-0.05, 0) is 75.4 Å². The normalized spacial score (nSPS) is 11.4. The van der Waals surface area contributed by atoms with Crippen LogP contribution < -0.4 is 0 Å². The number of nitro groups is 1. The first-order chi connectivity index (χ1) is 31.5. The smallest absolute Gasteiger partial charge is 0.332 e. The molecule has 0 saturated heterocycles. The largest absolute Gasteiger partial charge is 0.354 e. The van der Waals surface area contributed by atoms with Crippen molar-refractivity contribution in [2.45, 2.75) is 20.8 Å². The van der Waals surface area contributed by atoms with Crippen LogP contribution in [0.5, 0.6) is 0 Å². The molecule has 0 aliphatic carbocycles. The molecule has 0 bridgehead atoms. The molecular weight excluding hydrogens is 816 g/mol. The first-order valence-electron chi connectivity index (χ1n) is 21.5. The fourth-order valence-electron chi connectivity index (χ4n) is 8.60. The maximum Gasteiger partial charge on any atom is 0.332 e. The summed E-state index contributed by atoms with van der Waals surface area (Å²) in [5.41, 5.74) is 10.7. The summed E-state index contributed by atoms with van der Waals surface area (Å²) in [7, 11) is -1.06. The van der Waals surface area contributed by atoms with E-state index in [1.165, 1.54) is 49.3 Å². The van der Waals surface area contributed by atoms with Crippen LogP contribution in [-0.2, 0) is 13.6 Å². The van der Waals surface area contributed by atoms with E-state index in [4.69, 9.17) is 13.6 Å². The average molecular weight is 863 g/mol. The molecule has 11 aromatic rings. The third-order valence-corrected chi connectivity index (χ3v) is 12.5. The Kier molecular flexibility index (Phi) is 12.6. The summed E-state index contributed by atoms with van der Waals surface area (Å²) in [5, 5.41) is 19.0. The van der Waals surface area contributed by atoms with Crippen LogP contribution in [0.2, 0.25) is 0 Å². The van der Waals surface area contributed by atoms with E-state index in [-0.39, 0.29) is 10.6 Å². The minimum atomic E-state index is -1.06. The zero-order valence-corrected chi connectivity index (χ0v) is 36.7. The Hall–Kier alpha value is -7.13. The molecule has 1 N–H and O–H groups in total. The summed E-state index contributed by atoms with van der Waals surface area (Å²) in [5.74, 6) is 0. The molecule has 64 heavy (non-hydrogen) atoms. The summed E-state index contributed by atoms with van der Waals surface area (Å²) in [6, 6.07) is 63.6. The molecule has 0 aliphatic rings. The van der Waals surface area contributed by atoms with Gasteiger partial charge in [-0.1, -0.05) is 127 Å². The number of nitrogens with zero attached hydrogens (tertiary/aromatic N) is 3. The molecule has 10 heteroatoms. The first-order valence-corrected chi connectivity index (χ1v) is 22.6. The van der Waals surface area contributed by atoms with Gasteiger partial charge < -0.3 is 27.7 Å². The zero-order valence-electron chi connectivity index (χ0n) is 35.8. The highest BCUT2D eigenvalue weighted by atomic mass is 31.2. The molecule has 0 fully saturated rings. The van der Waals surface area contributed by atoms with Gasteiger partial charge in [-0.15, -0.1) is 0 Å². The predicted octanol–water partition coefficient (Wildman–Crippen LogP) is 15.1. The number of para-hydroxylation sites is 7. The number of aromatic nitrogens is 3. The van der Waals surface area contributed by atoms with Crippen molar-refractivity contribution in [1.29, 1.82) is 0 Å². The quantitative estimate of drug-likeness (QED) is 0.0839. The van der Waals surface area contributed by atoms with Crippen LogP contribution in [0.15, 0.2) is 188 Å². The fraction of sp³-hybridized carbons (Fsp3) is 0.111. The summed E-state index contributed by atoms with van der Waals surface area (Å²) >= 11 is 0. The summed E-state index contributed by atoms with van der Waals surface area (Å²) in [4.78, 5) is 14.9. The van der Waals surface area contributed by atoms with Gasteiger partial charge in [-0.25, -0.2) is 0 Å². The number of fused-ring (bicyclic) bond motifs is 10. The van der Waals surface area contributed by atoms with E-state index in [0.717, 1.165) is 33.1 Å². The molecular formula is C54H47N4O5P. The Morgan fingerprint density at radius 2 is 0.938 bits per heavy atom. The monoisotopic (exact) mass is 862 g/mol. The van der Waals surface area contributed by atoms with Gasteiger partial charge in [0.25, 0.3) is 5.69 Å². The highest BCUT2D eigenvalue weighted by Gasteiger charge is 2.21. The molecule has 0 unspecified atom stereocenters. The molecule has 0 atom stereocenters. The molecule has 0 aliphatic heterocycles. The van der Waals surface area contributed by atoms with E-state index in [9.17, 15) is 10.1 Å². The highest BCUT2D eigenvalue weighted by Crippen LogP contribution is 2.42. The van der Waals surface area contributed by atoms with Gasteiger partial charge >= 0.3 is 8.60 Å². The number of aromatic amines is 1. The number of nitro benzene ring substituents is 1. The van der Waals surface area contributed by atoms with Crippen LogP contribution in [0, 0.1) is 10.1 Å². The van der Waals surface area contributed by atoms with Crippen molar-refractivity contribution in [2.24, 2.45) is 0 Å². The first kappa shape index (κ1) is 42.2. The molecule has 318 valence electrons. The highest BCUT2D eigenvalue weighted by molar-refractivity contribution is 7.41. The Morgan fingerprint density at radius 1 is 0.469 bits per heavy atom. The molecule has 3 heterocycles. The molecule has 0 amide bonds. The van der Waals surface area contributed by atoms with Crippen LogP contribution >= 0.6 is 8.60 Å². The van der Waals surface area contributed by atoms with Gasteiger partial charge in [0.2, 0.25) is 0 Å². The van der Waals surface area contributed by atoms with Crippen molar-refractivity contribution >= 4 is 79.7 Å². The third kappa shape index (κ3) is 8.02. The lowest BCUT2D eigenvalue weighted by Crippen LogP contribution is -1.97. The predicted molar refractivity (Wildman–Crippen MR) is 265 cm³/mol. The molecule has 3 aromatic heterocycles. The molecule has 8 aromatic carbocycles. The van der Waals surface area contributed by atoms with Gasteiger partial charge in [0.1, 0.15) is 0 Å². The van der Waals surface area contributed by atoms with Crippen molar-refractivity contribution in [1.82, 2.24) is 14.1 Å². The van der Waals surface area contributed by atoms with Gasteiger partial charge in [0.05, 0.1) is 52.4 Å². The standard InChI is InChI=1S/C24H16N2O2.C24H16N2.C6H15O3P/c27-26(28)23-16-7-5-12-19(23)21-14-8-13-20-18-11-4-6-15-22(18)25(24(20)21)17-9-2-1-3-10-17;1-2-8-16(9-3-1)26-22-13-7-5-10-17(22)18-14-15-21-23(24(18)26)19-11-4-6-12-20(19)25-21;1-4-7-10(8-5-2)9-6-3/h1-16H;1-15,25H;4-6H2,1-3H3. The summed E-state index contributed by atoms with van der Waals surface area (Å²) in [6.07, 6.45) is 0. The lowest BCUT2D eigenvalue weighted by Gasteiger charge is -2.12. The van der Waals surface area contributed by atoms with Crippen molar-refractivity contribution in [3.8, 4) is 22.5 Å². The lowest BCUT2D eigenvalue weighted by molar-refractivity contribution is -0.384. The van der Waals surface area contributed by atoms with E-state index in [0.29, 0.717) is 25.4 Å². The number of rotatable bonds is 10. The molecule has 11 rings (SSSR count). The van der Waals surface area contributed by atoms with Crippen molar-refractivity contribution in [2.75, 3.05) is 19.8 Å². The Bertz CT molecular complexity index is 3360. The molecule has 9 nitrogen and oxygen atoms in total. The van der Waals surface area contributed by atoms with Gasteiger partial charge in [-0.2, -0.15) is 0 Å². The summed E-state index contributed by atoms with van der Waals surface area (Å²) < 4.78 is 20.0. The zero-order chi connectivity index (χ0) is 44.0. The van der Waals surface area contributed by atoms with Gasteiger partial charge in [0, 0.05) is 66.4 Å².